The Hall–Kier alpha value is -2.20. The van der Waals surface area contributed by atoms with Crippen molar-refractivity contribution >= 4 is 34.3 Å². The summed E-state index contributed by atoms with van der Waals surface area (Å²) in [5.74, 6) is 0. The second-order valence-corrected chi connectivity index (χ2v) is 8.66. The molecule has 0 saturated heterocycles. The molecule has 0 aliphatic heterocycles. The highest BCUT2D eigenvalue weighted by Gasteiger charge is 2.11. The third-order valence-electron chi connectivity index (χ3n) is 4.36. The first-order chi connectivity index (χ1) is 13.2. The van der Waals surface area contributed by atoms with Crippen molar-refractivity contribution in [3.63, 3.8) is 0 Å². The molecule has 1 N–H and O–H groups in total. The highest BCUT2D eigenvalue weighted by atomic mass is 32.2. The van der Waals surface area contributed by atoms with Gasteiger partial charge in [0.05, 0.1) is 6.10 Å². The first-order valence-corrected chi connectivity index (χ1v) is 10.5. The smallest absolute Gasteiger partial charge is 0.0772 e. The van der Waals surface area contributed by atoms with E-state index in [9.17, 15) is 5.11 Å². The Morgan fingerprint density at radius 1 is 0.630 bits per heavy atom. The number of benzene rings is 4. The van der Waals surface area contributed by atoms with Crippen LogP contribution in [-0.2, 0) is 0 Å². The lowest BCUT2D eigenvalue weighted by Crippen LogP contribution is -1.94. The van der Waals surface area contributed by atoms with Crippen LogP contribution < -0.4 is 0 Å². The third-order valence-corrected chi connectivity index (χ3v) is 6.42. The highest BCUT2D eigenvalue weighted by Crippen LogP contribution is 2.38. The van der Waals surface area contributed by atoms with Crippen molar-refractivity contribution in [1.82, 2.24) is 0 Å². The van der Waals surface area contributed by atoms with Gasteiger partial charge in [-0.25, -0.2) is 0 Å². The Morgan fingerprint density at radius 3 is 2.07 bits per heavy atom. The molecule has 1 unspecified atom stereocenters. The van der Waals surface area contributed by atoms with Gasteiger partial charge < -0.3 is 5.11 Å². The molecule has 0 bridgehead atoms. The lowest BCUT2D eigenvalue weighted by atomic mass is 10.1. The number of aliphatic hydroxyl groups excluding tert-OH is 1. The Balaban J connectivity index is 1.67. The van der Waals surface area contributed by atoms with Gasteiger partial charge >= 0.3 is 0 Å². The lowest BCUT2D eigenvalue weighted by molar-refractivity contribution is 0.196. The zero-order valence-corrected chi connectivity index (χ0v) is 16.6. The van der Waals surface area contributed by atoms with Crippen LogP contribution in [0.3, 0.4) is 0 Å². The summed E-state index contributed by atoms with van der Waals surface area (Å²) in [5.41, 5.74) is 0.963. The van der Waals surface area contributed by atoms with Crippen LogP contribution in [0.1, 0.15) is 18.6 Å². The van der Waals surface area contributed by atoms with E-state index in [1.165, 1.54) is 25.5 Å². The van der Waals surface area contributed by atoms with Crippen molar-refractivity contribution in [1.29, 1.82) is 0 Å². The molecule has 0 aliphatic rings. The fourth-order valence-corrected chi connectivity index (χ4v) is 5.07. The Kier molecular flexibility index (Phi) is 5.53. The molecule has 4 aromatic carbocycles. The molecule has 4 aromatic rings. The van der Waals surface area contributed by atoms with Gasteiger partial charge in [0.2, 0.25) is 0 Å². The SMILES string of the molecule is CC(O)c1ccc(Sc2ccccc2)cc1Sc1ccc2ccccc2c1. The molecule has 0 fully saturated rings. The fourth-order valence-electron chi connectivity index (χ4n) is 2.99. The van der Waals surface area contributed by atoms with Crippen LogP contribution in [-0.4, -0.2) is 5.11 Å². The maximum absolute atomic E-state index is 10.2. The lowest BCUT2D eigenvalue weighted by Gasteiger charge is -2.14. The van der Waals surface area contributed by atoms with Crippen LogP contribution in [0.2, 0.25) is 0 Å². The summed E-state index contributed by atoms with van der Waals surface area (Å²) in [6, 6.07) is 31.6. The van der Waals surface area contributed by atoms with Gasteiger partial charge in [0, 0.05) is 19.6 Å². The van der Waals surface area contributed by atoms with Gasteiger partial charge in [-0.05, 0) is 59.7 Å². The van der Waals surface area contributed by atoms with Gasteiger partial charge in [-0.3, -0.25) is 0 Å². The first kappa shape index (κ1) is 18.2. The minimum absolute atomic E-state index is 0.497. The van der Waals surface area contributed by atoms with Gasteiger partial charge in [-0.15, -0.1) is 0 Å². The molecule has 1 atom stereocenters. The molecule has 0 amide bonds. The standard InChI is InChI=1S/C24H20OS2/c1-17(25)23-14-13-22(26-20-9-3-2-4-10-20)16-24(23)27-21-12-11-18-7-5-6-8-19(18)15-21/h2-17,25H,1H3. The van der Waals surface area contributed by atoms with Crippen molar-refractivity contribution in [2.75, 3.05) is 0 Å². The largest absolute Gasteiger partial charge is 0.389 e. The molecular weight excluding hydrogens is 368 g/mol. The molecule has 0 heterocycles. The third kappa shape index (κ3) is 4.38. The summed E-state index contributed by atoms with van der Waals surface area (Å²) in [6.07, 6.45) is -0.497. The molecule has 1 nitrogen and oxygen atoms in total. The molecule has 4 rings (SSSR count). The molecule has 3 heteroatoms. The fraction of sp³-hybridized carbons (Fsp3) is 0.0833. The summed E-state index contributed by atoms with van der Waals surface area (Å²) in [6.45, 7) is 1.82. The molecule has 0 aromatic heterocycles. The van der Waals surface area contributed by atoms with Crippen LogP contribution in [0.4, 0.5) is 0 Å². The van der Waals surface area contributed by atoms with E-state index in [0.717, 1.165) is 10.5 Å². The highest BCUT2D eigenvalue weighted by molar-refractivity contribution is 8.00. The van der Waals surface area contributed by atoms with Crippen molar-refractivity contribution in [2.45, 2.75) is 32.6 Å². The maximum Gasteiger partial charge on any atom is 0.0772 e. The topological polar surface area (TPSA) is 20.2 Å². The number of fused-ring (bicyclic) bond motifs is 1. The predicted molar refractivity (Wildman–Crippen MR) is 116 cm³/mol. The molecule has 0 spiro atoms. The second kappa shape index (κ2) is 8.22. The van der Waals surface area contributed by atoms with E-state index >= 15 is 0 Å². The average Bonchev–Trinajstić information content (AvgIpc) is 2.69. The maximum atomic E-state index is 10.2. The van der Waals surface area contributed by atoms with Crippen molar-refractivity contribution in [3.05, 3.63) is 96.6 Å². The summed E-state index contributed by atoms with van der Waals surface area (Å²) >= 11 is 3.45. The first-order valence-electron chi connectivity index (χ1n) is 8.90. The van der Waals surface area contributed by atoms with Gasteiger partial charge in [0.1, 0.15) is 0 Å². The van der Waals surface area contributed by atoms with Crippen LogP contribution in [0.25, 0.3) is 10.8 Å². The van der Waals surface area contributed by atoms with Gasteiger partial charge in [0.25, 0.3) is 0 Å². The average molecular weight is 389 g/mol. The number of hydrogen-bond donors (Lipinski definition) is 1. The van der Waals surface area contributed by atoms with Crippen LogP contribution in [0.5, 0.6) is 0 Å². The predicted octanol–water partition coefficient (Wildman–Crippen LogP) is 7.20. The quantitative estimate of drug-likeness (QED) is 0.390. The Morgan fingerprint density at radius 2 is 1.30 bits per heavy atom. The number of rotatable bonds is 5. The van der Waals surface area contributed by atoms with Crippen molar-refractivity contribution in [2.24, 2.45) is 0 Å². The number of hydrogen-bond acceptors (Lipinski definition) is 3. The van der Waals surface area contributed by atoms with E-state index in [1.54, 1.807) is 23.5 Å². The zero-order valence-electron chi connectivity index (χ0n) is 15.0. The van der Waals surface area contributed by atoms with E-state index in [1.807, 2.05) is 19.1 Å². The minimum atomic E-state index is -0.497. The van der Waals surface area contributed by atoms with Gasteiger partial charge in [-0.2, -0.15) is 0 Å². The molecule has 0 aliphatic carbocycles. The van der Waals surface area contributed by atoms with E-state index in [4.69, 9.17) is 0 Å². The molecule has 0 radical (unpaired) electrons. The van der Waals surface area contributed by atoms with Crippen LogP contribution in [0, 0.1) is 0 Å². The van der Waals surface area contributed by atoms with Gasteiger partial charge in [-0.1, -0.05) is 78.1 Å². The summed E-state index contributed by atoms with van der Waals surface area (Å²) in [4.78, 5) is 4.66. The van der Waals surface area contributed by atoms with E-state index < -0.39 is 6.10 Å². The summed E-state index contributed by atoms with van der Waals surface area (Å²) in [5, 5.41) is 12.7. The second-order valence-electron chi connectivity index (χ2n) is 6.40. The van der Waals surface area contributed by atoms with E-state index in [0.29, 0.717) is 0 Å². The Labute approximate surface area is 168 Å². The van der Waals surface area contributed by atoms with E-state index in [-0.39, 0.29) is 0 Å². The summed E-state index contributed by atoms with van der Waals surface area (Å²) < 4.78 is 0. The van der Waals surface area contributed by atoms with E-state index in [2.05, 4.69) is 78.9 Å². The van der Waals surface area contributed by atoms with Crippen molar-refractivity contribution < 1.29 is 5.11 Å². The zero-order chi connectivity index (χ0) is 18.6. The molecule has 134 valence electrons. The molecule has 0 saturated carbocycles. The summed E-state index contributed by atoms with van der Waals surface area (Å²) in [7, 11) is 0. The van der Waals surface area contributed by atoms with Crippen molar-refractivity contribution in [3.8, 4) is 0 Å². The number of aliphatic hydroxyl groups is 1. The minimum Gasteiger partial charge on any atom is -0.389 e. The van der Waals surface area contributed by atoms with Gasteiger partial charge in [0.15, 0.2) is 0 Å². The monoisotopic (exact) mass is 388 g/mol. The molecule has 27 heavy (non-hydrogen) atoms. The normalized spacial score (nSPS) is 12.2. The molecular formula is C24H20OS2. The van der Waals surface area contributed by atoms with Crippen LogP contribution >= 0.6 is 23.5 Å². The van der Waals surface area contributed by atoms with Crippen LogP contribution in [0.15, 0.2) is 111 Å². The Bertz CT molecular complexity index is 1060.